The highest BCUT2D eigenvalue weighted by molar-refractivity contribution is 9.10. The fourth-order valence-corrected chi connectivity index (χ4v) is 6.04. The first-order valence-corrected chi connectivity index (χ1v) is 11.6. The van der Waals surface area contributed by atoms with Gasteiger partial charge in [-0.15, -0.1) is 11.3 Å². The summed E-state index contributed by atoms with van der Waals surface area (Å²) in [5, 5.41) is 5.57. The topological polar surface area (TPSA) is 72.2 Å². The highest BCUT2D eigenvalue weighted by Crippen LogP contribution is 2.31. The zero-order chi connectivity index (χ0) is 19.8. The fraction of sp³-hybridized carbons (Fsp3) is 0.316. The Kier molecular flexibility index (Phi) is 5.79. The summed E-state index contributed by atoms with van der Waals surface area (Å²) in [7, 11) is -3.74. The lowest BCUT2D eigenvalue weighted by molar-refractivity contribution is 0.430. The Morgan fingerprint density at radius 2 is 1.81 bits per heavy atom. The highest BCUT2D eigenvalue weighted by atomic mass is 79.9. The van der Waals surface area contributed by atoms with Gasteiger partial charge in [0.1, 0.15) is 8.68 Å². The van der Waals surface area contributed by atoms with Gasteiger partial charge in [0.25, 0.3) is 15.9 Å². The van der Waals surface area contributed by atoms with E-state index in [0.717, 1.165) is 12.0 Å². The van der Waals surface area contributed by atoms with E-state index in [4.69, 9.17) is 4.52 Å². The van der Waals surface area contributed by atoms with Gasteiger partial charge < -0.3 is 4.52 Å². The van der Waals surface area contributed by atoms with Crippen molar-refractivity contribution in [1.82, 2.24) is 5.16 Å². The van der Waals surface area contributed by atoms with Crippen molar-refractivity contribution in [2.24, 2.45) is 0 Å². The molecular weight excluding hydrogens is 448 g/mol. The van der Waals surface area contributed by atoms with E-state index >= 15 is 0 Å². The molecule has 5 nitrogen and oxygen atoms in total. The number of nitrogens with zero attached hydrogens (tertiary/aromatic N) is 1. The summed E-state index contributed by atoms with van der Waals surface area (Å²) in [4.78, 5) is 0. The number of rotatable bonds is 6. The molecule has 0 saturated heterocycles. The average molecular weight is 469 g/mol. The Hall–Kier alpha value is -1.64. The predicted molar refractivity (Wildman–Crippen MR) is 112 cm³/mol. The maximum Gasteiger partial charge on any atom is 0.274 e. The minimum Gasteiger partial charge on any atom is -0.336 e. The summed E-state index contributed by atoms with van der Waals surface area (Å²) in [5.41, 5.74) is 6.39. The van der Waals surface area contributed by atoms with Crippen LogP contribution in [0.1, 0.15) is 33.5 Å². The molecule has 27 heavy (non-hydrogen) atoms. The zero-order valence-corrected chi connectivity index (χ0v) is 18.8. The zero-order valence-electron chi connectivity index (χ0n) is 15.6. The molecule has 144 valence electrons. The molecule has 3 aromatic rings. The molecule has 0 fully saturated rings. The van der Waals surface area contributed by atoms with E-state index in [9.17, 15) is 8.42 Å². The van der Waals surface area contributed by atoms with E-state index in [1.807, 2.05) is 6.07 Å². The third-order valence-electron chi connectivity index (χ3n) is 4.45. The van der Waals surface area contributed by atoms with Gasteiger partial charge >= 0.3 is 0 Å². The van der Waals surface area contributed by atoms with Crippen LogP contribution in [0.3, 0.4) is 0 Å². The highest BCUT2D eigenvalue weighted by Gasteiger charge is 2.24. The first kappa shape index (κ1) is 20.1. The number of hydrogen-bond donors (Lipinski definition) is 1. The molecule has 2 heterocycles. The number of thiophene rings is 1. The van der Waals surface area contributed by atoms with E-state index < -0.39 is 10.0 Å². The van der Waals surface area contributed by atoms with Crippen molar-refractivity contribution in [2.75, 3.05) is 4.72 Å². The average Bonchev–Trinajstić information content (AvgIpc) is 3.16. The molecule has 1 aromatic carbocycles. The third-order valence-corrected chi connectivity index (χ3v) is 8.29. The SMILES string of the molecule is Cc1cc(C)c(CCc2ccsc2S(=O)(=O)Nc2onc(C)c2Br)c(C)c1. The van der Waals surface area contributed by atoms with Gasteiger partial charge in [0.15, 0.2) is 0 Å². The standard InChI is InChI=1S/C19H21BrN2O3S2/c1-11-9-12(2)16(13(3)10-11)6-5-15-7-8-26-19(15)27(23,24)22-18-17(20)14(4)21-25-18/h7-10,22H,5-6H2,1-4H3. The van der Waals surface area contributed by atoms with Crippen LogP contribution in [0.2, 0.25) is 0 Å². The van der Waals surface area contributed by atoms with Crippen LogP contribution in [-0.4, -0.2) is 13.6 Å². The lowest BCUT2D eigenvalue weighted by Gasteiger charge is -2.12. The molecule has 0 bridgehead atoms. The summed E-state index contributed by atoms with van der Waals surface area (Å²) in [6.45, 7) is 8.02. The number of halogens is 1. The first-order valence-electron chi connectivity index (χ1n) is 8.46. The van der Waals surface area contributed by atoms with E-state index in [2.05, 4.69) is 58.7 Å². The summed E-state index contributed by atoms with van der Waals surface area (Å²) in [5.74, 6) is 0.0945. The Morgan fingerprint density at radius 1 is 1.15 bits per heavy atom. The van der Waals surface area contributed by atoms with Crippen LogP contribution in [0.5, 0.6) is 0 Å². The van der Waals surface area contributed by atoms with Gasteiger partial charge in [0, 0.05) is 0 Å². The number of sulfonamides is 1. The molecule has 1 N–H and O–H groups in total. The van der Waals surface area contributed by atoms with Crippen LogP contribution >= 0.6 is 27.3 Å². The van der Waals surface area contributed by atoms with Crippen LogP contribution in [0.15, 0.2) is 36.8 Å². The summed E-state index contributed by atoms with van der Waals surface area (Å²) in [6.07, 6.45) is 1.45. The van der Waals surface area contributed by atoms with Crippen molar-refractivity contribution in [2.45, 2.75) is 44.7 Å². The molecule has 0 aliphatic carbocycles. The van der Waals surface area contributed by atoms with Crippen molar-refractivity contribution in [3.05, 3.63) is 61.6 Å². The Balaban J connectivity index is 1.83. The van der Waals surface area contributed by atoms with E-state index in [0.29, 0.717) is 20.8 Å². The molecule has 8 heteroatoms. The lowest BCUT2D eigenvalue weighted by Crippen LogP contribution is -2.13. The largest absolute Gasteiger partial charge is 0.336 e. The molecular formula is C19H21BrN2O3S2. The monoisotopic (exact) mass is 468 g/mol. The van der Waals surface area contributed by atoms with E-state index in [-0.39, 0.29) is 5.88 Å². The summed E-state index contributed by atoms with van der Waals surface area (Å²) < 4.78 is 34.0. The molecule has 2 aromatic heterocycles. The van der Waals surface area contributed by atoms with Gasteiger partial charge in [0.2, 0.25) is 0 Å². The molecule has 0 radical (unpaired) electrons. The normalized spacial score (nSPS) is 11.7. The number of aryl methyl sites for hydroxylation is 5. The smallest absolute Gasteiger partial charge is 0.274 e. The molecule has 3 rings (SSSR count). The Labute approximate surface area is 172 Å². The first-order chi connectivity index (χ1) is 12.7. The van der Waals surface area contributed by atoms with Crippen LogP contribution in [0.4, 0.5) is 5.88 Å². The molecule has 0 unspecified atom stereocenters. The van der Waals surface area contributed by atoms with Gasteiger partial charge in [-0.2, -0.15) is 0 Å². The Bertz CT molecular complexity index is 1060. The molecule has 0 amide bonds. The Morgan fingerprint density at radius 3 is 2.41 bits per heavy atom. The number of anilines is 1. The van der Waals surface area contributed by atoms with Gasteiger partial charge in [0.05, 0.1) is 5.69 Å². The number of nitrogens with one attached hydrogen (secondary N) is 1. The van der Waals surface area contributed by atoms with Crippen molar-refractivity contribution < 1.29 is 12.9 Å². The van der Waals surface area contributed by atoms with Crippen molar-refractivity contribution in [3.8, 4) is 0 Å². The van der Waals surface area contributed by atoms with Gasteiger partial charge in [-0.3, -0.25) is 0 Å². The third kappa shape index (κ3) is 4.28. The van der Waals surface area contributed by atoms with Gasteiger partial charge in [-0.25, -0.2) is 13.1 Å². The van der Waals surface area contributed by atoms with E-state index in [1.54, 1.807) is 12.3 Å². The van der Waals surface area contributed by atoms with Crippen LogP contribution in [0, 0.1) is 27.7 Å². The number of aromatic nitrogens is 1. The van der Waals surface area contributed by atoms with E-state index in [1.165, 1.54) is 33.6 Å². The quantitative estimate of drug-likeness (QED) is 0.531. The van der Waals surface area contributed by atoms with Gasteiger partial charge in [-0.05, 0) is 90.2 Å². The summed E-state index contributed by atoms with van der Waals surface area (Å²) in [6, 6.07) is 6.20. The molecule has 0 spiro atoms. The fourth-order valence-electron chi connectivity index (χ4n) is 3.20. The number of hydrogen-bond acceptors (Lipinski definition) is 5. The maximum absolute atomic E-state index is 12.8. The molecule has 0 aliphatic heterocycles. The second kappa shape index (κ2) is 7.77. The second-order valence-corrected chi connectivity index (χ2v) is 10.2. The number of benzene rings is 1. The van der Waals surface area contributed by atoms with Crippen molar-refractivity contribution in [1.29, 1.82) is 0 Å². The van der Waals surface area contributed by atoms with Crippen LogP contribution in [0.25, 0.3) is 0 Å². The minimum absolute atomic E-state index is 0.0945. The molecule has 0 atom stereocenters. The second-order valence-electron chi connectivity index (χ2n) is 6.63. The summed E-state index contributed by atoms with van der Waals surface area (Å²) >= 11 is 4.49. The van der Waals surface area contributed by atoms with Crippen LogP contribution < -0.4 is 4.72 Å². The van der Waals surface area contributed by atoms with Crippen molar-refractivity contribution in [3.63, 3.8) is 0 Å². The maximum atomic E-state index is 12.8. The van der Waals surface area contributed by atoms with Crippen LogP contribution in [-0.2, 0) is 22.9 Å². The predicted octanol–water partition coefficient (Wildman–Crippen LogP) is 5.32. The lowest BCUT2D eigenvalue weighted by atomic mass is 9.95. The van der Waals surface area contributed by atoms with Crippen molar-refractivity contribution >= 4 is 43.2 Å². The molecule has 0 saturated carbocycles. The minimum atomic E-state index is -3.74. The molecule has 0 aliphatic rings. The van der Waals surface area contributed by atoms with Gasteiger partial charge in [-0.1, -0.05) is 22.9 Å².